The molecule has 0 fully saturated rings. The van der Waals surface area contributed by atoms with Crippen molar-refractivity contribution in [3.8, 4) is 0 Å². The zero-order valence-corrected chi connectivity index (χ0v) is 12.0. The van der Waals surface area contributed by atoms with Crippen molar-refractivity contribution in [2.75, 3.05) is 5.32 Å². The summed E-state index contributed by atoms with van der Waals surface area (Å²) in [6.45, 7) is 3.77. The largest absolute Gasteiger partial charge is 0.296 e. The van der Waals surface area contributed by atoms with Gasteiger partial charge in [0.25, 0.3) is 5.91 Å². The van der Waals surface area contributed by atoms with Crippen LogP contribution in [0.15, 0.2) is 9.85 Å². The van der Waals surface area contributed by atoms with Crippen LogP contribution in [0.2, 0.25) is 0 Å². The van der Waals surface area contributed by atoms with Crippen molar-refractivity contribution >= 4 is 38.3 Å². The summed E-state index contributed by atoms with van der Waals surface area (Å²) in [5.41, 5.74) is 2.17. The van der Waals surface area contributed by atoms with Crippen molar-refractivity contribution in [3.63, 3.8) is 0 Å². The van der Waals surface area contributed by atoms with E-state index in [9.17, 15) is 4.79 Å². The Bertz CT molecular complexity index is 575. The lowest BCUT2D eigenvalue weighted by atomic mass is 10.3. The van der Waals surface area contributed by atoms with Crippen LogP contribution >= 0.6 is 27.3 Å². The van der Waals surface area contributed by atoms with Gasteiger partial charge in [-0.1, -0.05) is 0 Å². The van der Waals surface area contributed by atoms with E-state index < -0.39 is 0 Å². The Morgan fingerprint density at radius 2 is 2.24 bits per heavy atom. The predicted octanol–water partition coefficient (Wildman–Crippen LogP) is 2.51. The molecular formula is C10H11BrN4OS. The van der Waals surface area contributed by atoms with E-state index in [0.717, 1.165) is 11.4 Å². The number of carbonyl (C=O) groups is 1. The molecule has 2 aromatic heterocycles. The standard InChI is InChI=1S/C10H11BrN4OS/c1-5-4-17-10(12-5)13-9(16)8-7(11)6(2)15(3)14-8/h4H,1-3H3,(H,12,13,16). The molecule has 5 nitrogen and oxygen atoms in total. The lowest BCUT2D eigenvalue weighted by Gasteiger charge is -1.98. The van der Waals surface area contributed by atoms with E-state index in [-0.39, 0.29) is 5.91 Å². The van der Waals surface area contributed by atoms with Gasteiger partial charge in [0.1, 0.15) is 0 Å². The van der Waals surface area contributed by atoms with Gasteiger partial charge in [-0.25, -0.2) is 4.98 Å². The van der Waals surface area contributed by atoms with Gasteiger partial charge in [0, 0.05) is 12.4 Å². The summed E-state index contributed by atoms with van der Waals surface area (Å²) in [6.07, 6.45) is 0. The molecule has 7 heteroatoms. The predicted molar refractivity (Wildman–Crippen MR) is 70.4 cm³/mol. The van der Waals surface area contributed by atoms with Crippen LogP contribution in [0.25, 0.3) is 0 Å². The molecular weight excluding hydrogens is 304 g/mol. The topological polar surface area (TPSA) is 59.8 Å². The van der Waals surface area contributed by atoms with Crippen molar-refractivity contribution in [1.82, 2.24) is 14.8 Å². The van der Waals surface area contributed by atoms with Gasteiger partial charge in [-0.3, -0.25) is 14.8 Å². The fourth-order valence-corrected chi connectivity index (χ4v) is 2.49. The van der Waals surface area contributed by atoms with Gasteiger partial charge >= 0.3 is 0 Å². The third-order valence-electron chi connectivity index (χ3n) is 2.32. The number of nitrogens with one attached hydrogen (secondary N) is 1. The average Bonchev–Trinajstić information content (AvgIpc) is 2.78. The highest BCUT2D eigenvalue weighted by atomic mass is 79.9. The summed E-state index contributed by atoms with van der Waals surface area (Å²) in [7, 11) is 1.80. The number of aryl methyl sites for hydroxylation is 2. The molecule has 17 heavy (non-hydrogen) atoms. The summed E-state index contributed by atoms with van der Waals surface area (Å²) in [5.74, 6) is -0.255. The van der Waals surface area contributed by atoms with Gasteiger partial charge in [-0.05, 0) is 29.8 Å². The minimum Gasteiger partial charge on any atom is -0.296 e. The Balaban J connectivity index is 2.23. The zero-order chi connectivity index (χ0) is 12.6. The number of carbonyl (C=O) groups excluding carboxylic acids is 1. The number of nitrogens with zero attached hydrogens (tertiary/aromatic N) is 3. The van der Waals surface area contributed by atoms with E-state index in [4.69, 9.17) is 0 Å². The third-order valence-corrected chi connectivity index (χ3v) is 4.14. The van der Waals surface area contributed by atoms with Crippen LogP contribution in [-0.2, 0) is 7.05 Å². The maximum absolute atomic E-state index is 12.0. The van der Waals surface area contributed by atoms with Crippen molar-refractivity contribution in [3.05, 3.63) is 26.9 Å². The molecule has 1 N–H and O–H groups in total. The minimum absolute atomic E-state index is 0.255. The SMILES string of the molecule is Cc1csc(NC(=O)c2nn(C)c(C)c2Br)n1. The summed E-state index contributed by atoms with van der Waals surface area (Å²) in [5, 5.41) is 9.34. The molecule has 90 valence electrons. The average molecular weight is 315 g/mol. The summed E-state index contributed by atoms with van der Waals surface area (Å²) in [4.78, 5) is 16.1. The first-order valence-electron chi connectivity index (χ1n) is 4.91. The molecule has 0 aliphatic carbocycles. The number of thiazole rings is 1. The third kappa shape index (κ3) is 2.39. The Morgan fingerprint density at radius 3 is 2.71 bits per heavy atom. The lowest BCUT2D eigenvalue weighted by Crippen LogP contribution is -2.13. The van der Waals surface area contributed by atoms with Crippen LogP contribution in [0, 0.1) is 13.8 Å². The molecule has 0 bridgehead atoms. The fourth-order valence-electron chi connectivity index (χ4n) is 1.30. The molecule has 0 atom stereocenters. The summed E-state index contributed by atoms with van der Waals surface area (Å²) >= 11 is 4.76. The maximum Gasteiger partial charge on any atom is 0.279 e. The Kier molecular flexibility index (Phi) is 3.30. The molecule has 0 aliphatic heterocycles. The van der Waals surface area contributed by atoms with Gasteiger partial charge < -0.3 is 0 Å². The molecule has 0 aromatic carbocycles. The van der Waals surface area contributed by atoms with Gasteiger partial charge in [-0.15, -0.1) is 11.3 Å². The molecule has 2 heterocycles. The van der Waals surface area contributed by atoms with Crippen LogP contribution < -0.4 is 5.32 Å². The summed E-state index contributed by atoms with van der Waals surface area (Å²) < 4.78 is 2.37. The molecule has 0 radical (unpaired) electrons. The second-order valence-corrected chi connectivity index (χ2v) is 5.27. The van der Waals surface area contributed by atoms with Gasteiger partial charge in [0.15, 0.2) is 10.8 Å². The molecule has 2 aromatic rings. The van der Waals surface area contributed by atoms with Crippen molar-refractivity contribution in [2.45, 2.75) is 13.8 Å². The van der Waals surface area contributed by atoms with E-state index in [1.807, 2.05) is 19.2 Å². The van der Waals surface area contributed by atoms with E-state index in [2.05, 4.69) is 31.3 Å². The van der Waals surface area contributed by atoms with E-state index in [1.54, 1.807) is 11.7 Å². The maximum atomic E-state index is 12.0. The first-order chi connectivity index (χ1) is 7.99. The molecule has 0 unspecified atom stereocenters. The summed E-state index contributed by atoms with van der Waals surface area (Å²) in [6, 6.07) is 0. The van der Waals surface area contributed by atoms with Crippen molar-refractivity contribution in [2.24, 2.45) is 7.05 Å². The monoisotopic (exact) mass is 314 g/mol. The highest BCUT2D eigenvalue weighted by molar-refractivity contribution is 9.10. The number of rotatable bonds is 2. The highest BCUT2D eigenvalue weighted by Crippen LogP contribution is 2.22. The molecule has 0 spiro atoms. The normalized spacial score (nSPS) is 10.6. The Morgan fingerprint density at radius 1 is 1.53 bits per heavy atom. The minimum atomic E-state index is -0.255. The van der Waals surface area contributed by atoms with E-state index in [1.165, 1.54) is 11.3 Å². The van der Waals surface area contributed by atoms with Crippen molar-refractivity contribution < 1.29 is 4.79 Å². The Labute approximate surface area is 111 Å². The molecule has 2 rings (SSSR count). The number of amides is 1. The first kappa shape index (κ1) is 12.3. The van der Waals surface area contributed by atoms with Crippen LogP contribution in [0.4, 0.5) is 5.13 Å². The quantitative estimate of drug-likeness (QED) is 0.926. The van der Waals surface area contributed by atoms with Gasteiger partial charge in [-0.2, -0.15) is 5.10 Å². The van der Waals surface area contributed by atoms with Crippen LogP contribution in [-0.4, -0.2) is 20.7 Å². The zero-order valence-electron chi connectivity index (χ0n) is 9.61. The number of hydrogen-bond donors (Lipinski definition) is 1. The van der Waals surface area contributed by atoms with Gasteiger partial charge in [0.05, 0.1) is 15.9 Å². The number of hydrogen-bond acceptors (Lipinski definition) is 4. The van der Waals surface area contributed by atoms with Crippen LogP contribution in [0.3, 0.4) is 0 Å². The number of anilines is 1. The lowest BCUT2D eigenvalue weighted by molar-refractivity contribution is 0.102. The van der Waals surface area contributed by atoms with Crippen LogP contribution in [0.1, 0.15) is 21.9 Å². The highest BCUT2D eigenvalue weighted by Gasteiger charge is 2.18. The number of aromatic nitrogens is 3. The molecule has 0 saturated carbocycles. The van der Waals surface area contributed by atoms with Gasteiger partial charge in [0.2, 0.25) is 0 Å². The Hall–Kier alpha value is -1.21. The van der Waals surface area contributed by atoms with Crippen molar-refractivity contribution in [1.29, 1.82) is 0 Å². The van der Waals surface area contributed by atoms with Crippen LogP contribution in [0.5, 0.6) is 0 Å². The number of halogens is 1. The molecule has 0 aliphatic rings. The fraction of sp³-hybridized carbons (Fsp3) is 0.300. The second-order valence-electron chi connectivity index (χ2n) is 3.62. The second kappa shape index (κ2) is 4.58. The first-order valence-corrected chi connectivity index (χ1v) is 6.59. The molecule has 0 saturated heterocycles. The van der Waals surface area contributed by atoms with E-state index >= 15 is 0 Å². The van der Waals surface area contributed by atoms with E-state index in [0.29, 0.717) is 15.3 Å². The molecule has 1 amide bonds. The smallest absolute Gasteiger partial charge is 0.279 e.